The average molecular weight is 427 g/mol. The maximum Gasteiger partial charge on any atom is 0.320 e. The van der Waals surface area contributed by atoms with E-state index < -0.39 is 33.9 Å². The van der Waals surface area contributed by atoms with Crippen molar-refractivity contribution in [3.05, 3.63) is 58.9 Å². The molecule has 7 nitrogen and oxygen atoms in total. The Balaban J connectivity index is 1.73. The lowest BCUT2D eigenvalue weighted by Crippen LogP contribution is -2.39. The number of nitrogens with two attached hydrogens (primary N) is 1. The second-order valence-electron chi connectivity index (χ2n) is 7.29. The normalized spacial score (nSPS) is 27.6. The van der Waals surface area contributed by atoms with Gasteiger partial charge in [0.05, 0.1) is 16.8 Å². The van der Waals surface area contributed by atoms with Gasteiger partial charge in [0.25, 0.3) is 0 Å². The quantitative estimate of drug-likeness (QED) is 0.718. The van der Waals surface area contributed by atoms with Crippen LogP contribution in [0.25, 0.3) is 11.9 Å². The molecule has 152 valence electrons. The summed E-state index contributed by atoms with van der Waals surface area (Å²) in [5, 5.41) is 18.5. The van der Waals surface area contributed by atoms with Gasteiger partial charge in [-0.1, -0.05) is 11.8 Å². The Morgan fingerprint density at radius 2 is 2.20 bits per heavy atom. The van der Waals surface area contributed by atoms with Crippen molar-refractivity contribution in [3.63, 3.8) is 0 Å². The number of carbonyl (C=O) groups is 1. The Bertz CT molecular complexity index is 1160. The zero-order valence-corrected chi connectivity index (χ0v) is 16.5. The zero-order chi connectivity index (χ0) is 21.7. The highest BCUT2D eigenvalue weighted by molar-refractivity contribution is 8.15. The molecule has 2 aromatic rings. The largest absolute Gasteiger partial charge is 0.480 e. The molecule has 3 N–H and O–H groups in total. The summed E-state index contributed by atoms with van der Waals surface area (Å²) in [5.74, 6) is -3.01. The van der Waals surface area contributed by atoms with Crippen molar-refractivity contribution in [2.75, 3.05) is 0 Å². The number of hydrogen-bond donors (Lipinski definition) is 2. The van der Waals surface area contributed by atoms with Gasteiger partial charge in [-0.15, -0.1) is 0 Å². The van der Waals surface area contributed by atoms with E-state index in [1.54, 1.807) is 6.92 Å². The van der Waals surface area contributed by atoms with Gasteiger partial charge in [-0.3, -0.25) is 14.8 Å². The van der Waals surface area contributed by atoms with Crippen LogP contribution in [-0.4, -0.2) is 31.0 Å². The number of hydrogen-bond acceptors (Lipinski definition) is 7. The van der Waals surface area contributed by atoms with E-state index in [-0.39, 0.29) is 28.4 Å². The van der Waals surface area contributed by atoms with Crippen LogP contribution in [0.5, 0.6) is 0 Å². The number of carboxylic acid groups (broad SMARTS) is 1. The summed E-state index contributed by atoms with van der Waals surface area (Å²) in [6.07, 6.45) is 3.83. The first kappa shape index (κ1) is 20.0. The smallest absolute Gasteiger partial charge is 0.320 e. The molecular formula is C20H15F2N5O2S. The summed E-state index contributed by atoms with van der Waals surface area (Å²) < 4.78 is 28.1. The summed E-state index contributed by atoms with van der Waals surface area (Å²) in [6, 6.07) is 6.08. The Kier molecular flexibility index (Phi) is 4.58. The minimum absolute atomic E-state index is 0.00880. The highest BCUT2D eigenvalue weighted by atomic mass is 32.2. The third kappa shape index (κ3) is 3.11. The van der Waals surface area contributed by atoms with Gasteiger partial charge in [-0.25, -0.2) is 9.37 Å². The molecule has 0 spiro atoms. The van der Waals surface area contributed by atoms with Crippen LogP contribution in [0.3, 0.4) is 0 Å². The first-order chi connectivity index (χ1) is 14.2. The number of nitrogens with zero attached hydrogens (tertiary/aromatic N) is 4. The van der Waals surface area contributed by atoms with Crippen molar-refractivity contribution >= 4 is 34.8 Å². The van der Waals surface area contributed by atoms with Crippen LogP contribution in [0.1, 0.15) is 35.7 Å². The third-order valence-electron chi connectivity index (χ3n) is 5.42. The number of fused-ring (bicyclic) bond motifs is 1. The van der Waals surface area contributed by atoms with Gasteiger partial charge in [0, 0.05) is 23.9 Å². The van der Waals surface area contributed by atoms with E-state index in [4.69, 9.17) is 11.0 Å². The minimum atomic E-state index is -1.24. The second-order valence-corrected chi connectivity index (χ2v) is 8.65. The molecule has 1 fully saturated rings. The summed E-state index contributed by atoms with van der Waals surface area (Å²) in [7, 11) is 0. The molecule has 10 heteroatoms. The highest BCUT2D eigenvalue weighted by Crippen LogP contribution is 2.65. The number of thioether (sulfide) groups is 1. The first-order valence-corrected chi connectivity index (χ1v) is 9.69. The van der Waals surface area contributed by atoms with Gasteiger partial charge in [-0.05, 0) is 43.2 Å². The fraction of sp³-hybridized carbons (Fsp3) is 0.250. The number of carboxylic acids is 1. The molecule has 1 unspecified atom stereocenters. The van der Waals surface area contributed by atoms with E-state index in [0.29, 0.717) is 5.56 Å². The Labute approximate surface area is 174 Å². The van der Waals surface area contributed by atoms with Crippen molar-refractivity contribution in [1.29, 1.82) is 5.26 Å². The number of aliphatic carboxylic acids is 1. The SMILES string of the molecule is C[C@]1(c2cc(/C=C(\F)c3ccc(C#N)cn3)cnc2F)N=C(N)S[C@@]2(C(=O)O)CC21. The molecule has 30 heavy (non-hydrogen) atoms. The fourth-order valence-electron chi connectivity index (χ4n) is 3.77. The molecule has 0 bridgehead atoms. The number of halogens is 2. The van der Waals surface area contributed by atoms with E-state index in [0.717, 1.165) is 24.0 Å². The van der Waals surface area contributed by atoms with Crippen molar-refractivity contribution in [2.24, 2.45) is 16.6 Å². The molecule has 1 aliphatic heterocycles. The molecule has 4 rings (SSSR count). The van der Waals surface area contributed by atoms with Gasteiger partial charge in [0.15, 0.2) is 5.17 Å². The standard InChI is InChI=1S/C20H15F2N5O2S/c1-19(15-6-20(15,17(28)29)30-18(24)27-19)12-4-11(9-26-16(12)22)5-13(21)14-3-2-10(7-23)8-25-14/h2-5,8-9,15H,6H2,1H3,(H2,24,27)(H,28,29)/b13-5-/t15?,19-,20+/m1/s1. The maximum absolute atomic E-state index is 14.7. The average Bonchev–Trinajstić information content (AvgIpc) is 3.46. The number of rotatable bonds is 4. The number of nitriles is 1. The van der Waals surface area contributed by atoms with Crippen molar-refractivity contribution in [1.82, 2.24) is 9.97 Å². The lowest BCUT2D eigenvalue weighted by Gasteiger charge is -2.32. The Hall–Kier alpha value is -3.32. The molecule has 0 radical (unpaired) electrons. The summed E-state index contributed by atoms with van der Waals surface area (Å²) in [6.45, 7) is 1.61. The Morgan fingerprint density at radius 1 is 1.43 bits per heavy atom. The monoisotopic (exact) mass is 427 g/mol. The van der Waals surface area contributed by atoms with Gasteiger partial charge in [0.1, 0.15) is 16.6 Å². The number of aromatic nitrogens is 2. The number of aliphatic imine (C=N–C) groups is 1. The highest BCUT2D eigenvalue weighted by Gasteiger charge is 2.71. The molecule has 2 aromatic heterocycles. The van der Waals surface area contributed by atoms with E-state index in [1.165, 1.54) is 24.4 Å². The van der Waals surface area contributed by atoms with Gasteiger partial charge in [-0.2, -0.15) is 9.65 Å². The lowest BCUT2D eigenvalue weighted by atomic mass is 9.86. The van der Waals surface area contributed by atoms with Crippen LogP contribution in [0, 0.1) is 23.2 Å². The molecule has 3 heterocycles. The van der Waals surface area contributed by atoms with E-state index in [1.807, 2.05) is 6.07 Å². The first-order valence-electron chi connectivity index (χ1n) is 8.87. The second kappa shape index (κ2) is 6.88. The van der Waals surface area contributed by atoms with Crippen LogP contribution in [0.15, 0.2) is 35.6 Å². The Morgan fingerprint density at radius 3 is 2.83 bits per heavy atom. The van der Waals surface area contributed by atoms with Crippen molar-refractivity contribution < 1.29 is 18.7 Å². The molecular weight excluding hydrogens is 412 g/mol. The maximum atomic E-state index is 14.7. The van der Waals surface area contributed by atoms with E-state index in [9.17, 15) is 18.7 Å². The number of amidine groups is 1. The van der Waals surface area contributed by atoms with E-state index in [2.05, 4.69) is 15.0 Å². The van der Waals surface area contributed by atoms with Crippen LogP contribution in [0.4, 0.5) is 8.78 Å². The lowest BCUT2D eigenvalue weighted by molar-refractivity contribution is -0.137. The summed E-state index contributed by atoms with van der Waals surface area (Å²) in [5.41, 5.74) is 5.23. The molecule has 0 saturated heterocycles. The van der Waals surface area contributed by atoms with Crippen molar-refractivity contribution in [2.45, 2.75) is 23.6 Å². The van der Waals surface area contributed by atoms with Gasteiger partial charge >= 0.3 is 5.97 Å². The molecule has 0 amide bonds. The zero-order valence-electron chi connectivity index (χ0n) is 15.6. The van der Waals surface area contributed by atoms with Crippen LogP contribution in [0.2, 0.25) is 0 Å². The van der Waals surface area contributed by atoms with Crippen LogP contribution >= 0.6 is 11.8 Å². The molecule has 0 aromatic carbocycles. The fourth-order valence-corrected chi connectivity index (χ4v) is 5.09. The summed E-state index contributed by atoms with van der Waals surface area (Å²) in [4.78, 5) is 23.7. The van der Waals surface area contributed by atoms with Crippen LogP contribution in [-0.2, 0) is 10.3 Å². The predicted molar refractivity (Wildman–Crippen MR) is 107 cm³/mol. The molecule has 2 aliphatic rings. The topological polar surface area (TPSA) is 125 Å². The van der Waals surface area contributed by atoms with Crippen molar-refractivity contribution in [3.8, 4) is 6.07 Å². The molecule has 1 saturated carbocycles. The van der Waals surface area contributed by atoms with Gasteiger partial charge < -0.3 is 10.8 Å². The summed E-state index contributed by atoms with van der Waals surface area (Å²) >= 11 is 0.971. The third-order valence-corrected chi connectivity index (χ3v) is 6.71. The molecule has 1 aliphatic carbocycles. The minimum Gasteiger partial charge on any atom is -0.480 e. The predicted octanol–water partition coefficient (Wildman–Crippen LogP) is 3.07. The number of pyridine rings is 2. The van der Waals surface area contributed by atoms with E-state index >= 15 is 0 Å². The molecule has 3 atom stereocenters. The van der Waals surface area contributed by atoms with Crippen LogP contribution < -0.4 is 5.73 Å². The van der Waals surface area contributed by atoms with Gasteiger partial charge in [0.2, 0.25) is 5.95 Å².